The van der Waals surface area contributed by atoms with E-state index in [2.05, 4.69) is 20.9 Å². The lowest BCUT2D eigenvalue weighted by Gasteiger charge is -2.07. The molecular formula is C19H20N4O5. The first kappa shape index (κ1) is 20.6. The van der Waals surface area contributed by atoms with Crippen molar-refractivity contribution in [2.45, 2.75) is 13.3 Å². The molecule has 2 aromatic carbocycles. The Hall–Kier alpha value is -3.75. The fraction of sp³-hybridized carbons (Fsp3) is 0.211. The molecule has 0 radical (unpaired) electrons. The number of hydrogen-bond donors (Lipinski definition) is 3. The second kappa shape index (κ2) is 10.4. The van der Waals surface area contributed by atoms with Crippen LogP contribution in [0.3, 0.4) is 0 Å². The van der Waals surface area contributed by atoms with Crippen molar-refractivity contribution in [3.05, 3.63) is 54.1 Å². The molecule has 0 fully saturated rings. The number of carbonyl (C=O) groups is 3. The number of phenols is 1. The van der Waals surface area contributed by atoms with Gasteiger partial charge in [0, 0.05) is 6.54 Å². The first-order chi connectivity index (χ1) is 13.5. The van der Waals surface area contributed by atoms with Gasteiger partial charge in [0.15, 0.2) is 6.61 Å². The molecule has 0 aromatic heterocycles. The van der Waals surface area contributed by atoms with Gasteiger partial charge in [-0.1, -0.05) is 19.1 Å². The highest BCUT2D eigenvalue weighted by Gasteiger charge is 2.15. The maximum atomic E-state index is 12.2. The van der Waals surface area contributed by atoms with Gasteiger partial charge in [0.25, 0.3) is 5.91 Å². The van der Waals surface area contributed by atoms with Crippen LogP contribution >= 0.6 is 0 Å². The van der Waals surface area contributed by atoms with Crippen LogP contribution in [0.25, 0.3) is 0 Å². The largest absolute Gasteiger partial charge is 0.508 e. The zero-order valence-electron chi connectivity index (χ0n) is 15.2. The molecular weight excluding hydrogens is 364 g/mol. The molecule has 0 aliphatic rings. The molecule has 0 unspecified atom stereocenters. The number of azo groups is 1. The van der Waals surface area contributed by atoms with Gasteiger partial charge in [0.2, 0.25) is 0 Å². The van der Waals surface area contributed by atoms with Crippen molar-refractivity contribution in [2.24, 2.45) is 10.2 Å². The molecule has 0 heterocycles. The predicted molar refractivity (Wildman–Crippen MR) is 101 cm³/mol. The molecule has 9 heteroatoms. The number of amides is 3. The second-order valence-electron chi connectivity index (χ2n) is 5.61. The molecule has 2 aromatic rings. The minimum atomic E-state index is -0.774. The molecule has 9 nitrogen and oxygen atoms in total. The number of rotatable bonds is 7. The number of hydrogen-bond acceptors (Lipinski definition) is 7. The molecule has 3 amide bonds. The van der Waals surface area contributed by atoms with E-state index in [0.717, 1.165) is 6.42 Å². The predicted octanol–water partition coefficient (Wildman–Crippen LogP) is 3.20. The van der Waals surface area contributed by atoms with Gasteiger partial charge in [-0.3, -0.25) is 10.1 Å². The van der Waals surface area contributed by atoms with Gasteiger partial charge in [-0.15, -0.1) is 5.11 Å². The number of carbonyl (C=O) groups excluding carboxylic acids is 3. The van der Waals surface area contributed by atoms with Crippen LogP contribution in [0, 0.1) is 0 Å². The summed E-state index contributed by atoms with van der Waals surface area (Å²) in [4.78, 5) is 35.3. The summed E-state index contributed by atoms with van der Waals surface area (Å²) in [5.41, 5.74) is 0.855. The number of ether oxygens (including phenoxy) is 1. The summed E-state index contributed by atoms with van der Waals surface area (Å²) >= 11 is 0. The fourth-order valence-corrected chi connectivity index (χ4v) is 2.02. The third-order valence-corrected chi connectivity index (χ3v) is 3.37. The van der Waals surface area contributed by atoms with E-state index in [1.807, 2.05) is 6.92 Å². The minimum Gasteiger partial charge on any atom is -0.508 e. The third kappa shape index (κ3) is 6.52. The van der Waals surface area contributed by atoms with E-state index in [0.29, 0.717) is 12.2 Å². The highest BCUT2D eigenvalue weighted by Crippen LogP contribution is 2.24. The Kier molecular flexibility index (Phi) is 7.64. The molecule has 0 spiro atoms. The standard InChI is InChI=1S/C19H20N4O5/c1-2-11-20-19(27)21-17(25)12-28-18(26)15-5-3-4-6-16(15)23-22-13-7-9-14(24)10-8-13/h3-10,24H,2,11-12H2,1H3,(H2,20,21,25,27). The lowest BCUT2D eigenvalue weighted by atomic mass is 10.2. The highest BCUT2D eigenvalue weighted by molar-refractivity contribution is 5.98. The van der Waals surface area contributed by atoms with Gasteiger partial charge in [-0.05, 0) is 42.8 Å². The van der Waals surface area contributed by atoms with Crippen molar-refractivity contribution in [1.29, 1.82) is 0 Å². The minimum absolute atomic E-state index is 0.101. The summed E-state index contributed by atoms with van der Waals surface area (Å²) in [5, 5.41) is 21.8. The molecule has 0 saturated heterocycles. The molecule has 0 bridgehead atoms. The number of aromatic hydroxyl groups is 1. The number of benzene rings is 2. The van der Waals surface area contributed by atoms with Gasteiger partial charge in [0.05, 0.1) is 11.3 Å². The maximum absolute atomic E-state index is 12.2. The van der Waals surface area contributed by atoms with E-state index >= 15 is 0 Å². The summed E-state index contributed by atoms with van der Waals surface area (Å²) in [6, 6.07) is 11.7. The van der Waals surface area contributed by atoms with Crippen LogP contribution in [0.1, 0.15) is 23.7 Å². The number of imide groups is 1. The van der Waals surface area contributed by atoms with Crippen LogP contribution < -0.4 is 10.6 Å². The number of esters is 1. The summed E-state index contributed by atoms with van der Waals surface area (Å²) in [6.07, 6.45) is 0.728. The smallest absolute Gasteiger partial charge is 0.340 e. The van der Waals surface area contributed by atoms with Gasteiger partial charge >= 0.3 is 12.0 Å². The van der Waals surface area contributed by atoms with Crippen molar-refractivity contribution in [1.82, 2.24) is 10.6 Å². The van der Waals surface area contributed by atoms with Crippen LogP contribution in [0.4, 0.5) is 16.2 Å². The molecule has 146 valence electrons. The van der Waals surface area contributed by atoms with E-state index in [4.69, 9.17) is 4.74 Å². The fourth-order valence-electron chi connectivity index (χ4n) is 2.02. The number of phenolic OH excluding ortho intramolecular Hbond substituents is 1. The molecule has 2 rings (SSSR count). The summed E-state index contributed by atoms with van der Waals surface area (Å²) in [7, 11) is 0. The normalized spacial score (nSPS) is 10.5. The second-order valence-corrected chi connectivity index (χ2v) is 5.61. The van der Waals surface area contributed by atoms with Gasteiger partial charge in [0.1, 0.15) is 11.4 Å². The average Bonchev–Trinajstić information content (AvgIpc) is 2.70. The Bertz CT molecular complexity index is 865. The maximum Gasteiger partial charge on any atom is 0.340 e. The lowest BCUT2D eigenvalue weighted by molar-refractivity contribution is -0.123. The Balaban J connectivity index is 1.97. The monoisotopic (exact) mass is 384 g/mol. The van der Waals surface area contributed by atoms with Gasteiger partial charge < -0.3 is 15.2 Å². The Morgan fingerprint density at radius 1 is 1.04 bits per heavy atom. The first-order valence-corrected chi connectivity index (χ1v) is 8.54. The van der Waals surface area contributed by atoms with Crippen LogP contribution in [0.15, 0.2) is 58.8 Å². The molecule has 0 saturated carbocycles. The summed E-state index contributed by atoms with van der Waals surface area (Å²) < 4.78 is 4.94. The van der Waals surface area contributed by atoms with E-state index in [1.165, 1.54) is 18.2 Å². The Labute approximate surface area is 161 Å². The Morgan fingerprint density at radius 2 is 1.75 bits per heavy atom. The van der Waals surface area contributed by atoms with Gasteiger partial charge in [-0.2, -0.15) is 5.11 Å². The van der Waals surface area contributed by atoms with E-state index < -0.39 is 24.5 Å². The number of nitrogens with one attached hydrogen (secondary N) is 2. The van der Waals surface area contributed by atoms with Gasteiger partial charge in [-0.25, -0.2) is 9.59 Å². The van der Waals surface area contributed by atoms with Crippen molar-refractivity contribution >= 4 is 29.3 Å². The number of urea groups is 1. The summed E-state index contributed by atoms with van der Waals surface area (Å²) in [5.74, 6) is -1.42. The van der Waals surface area contributed by atoms with E-state index in [1.54, 1.807) is 30.3 Å². The van der Waals surface area contributed by atoms with Crippen molar-refractivity contribution in [3.63, 3.8) is 0 Å². The van der Waals surface area contributed by atoms with Crippen LogP contribution in [-0.2, 0) is 9.53 Å². The topological polar surface area (TPSA) is 129 Å². The van der Waals surface area contributed by atoms with Crippen molar-refractivity contribution < 1.29 is 24.2 Å². The van der Waals surface area contributed by atoms with E-state index in [9.17, 15) is 19.5 Å². The quantitative estimate of drug-likeness (QED) is 0.498. The summed E-state index contributed by atoms with van der Waals surface area (Å²) in [6.45, 7) is 1.69. The lowest BCUT2D eigenvalue weighted by Crippen LogP contribution is -2.41. The third-order valence-electron chi connectivity index (χ3n) is 3.37. The molecule has 28 heavy (non-hydrogen) atoms. The highest BCUT2D eigenvalue weighted by atomic mass is 16.5. The van der Waals surface area contributed by atoms with Crippen molar-refractivity contribution in [2.75, 3.05) is 13.2 Å². The molecule has 0 aliphatic carbocycles. The zero-order chi connectivity index (χ0) is 20.4. The average molecular weight is 384 g/mol. The number of nitrogens with zero attached hydrogens (tertiary/aromatic N) is 2. The SMILES string of the molecule is CCCNC(=O)NC(=O)COC(=O)c1ccccc1N=Nc1ccc(O)cc1. The van der Waals surface area contributed by atoms with Crippen LogP contribution in [0.2, 0.25) is 0 Å². The Morgan fingerprint density at radius 3 is 2.46 bits per heavy atom. The first-order valence-electron chi connectivity index (χ1n) is 8.54. The molecule has 0 atom stereocenters. The molecule has 0 aliphatic heterocycles. The van der Waals surface area contributed by atoms with Crippen LogP contribution in [0.5, 0.6) is 5.75 Å². The van der Waals surface area contributed by atoms with E-state index in [-0.39, 0.29) is 17.0 Å². The molecule has 3 N–H and O–H groups in total. The van der Waals surface area contributed by atoms with Crippen LogP contribution in [-0.4, -0.2) is 36.2 Å². The van der Waals surface area contributed by atoms with Crippen molar-refractivity contribution in [3.8, 4) is 5.75 Å². The zero-order valence-corrected chi connectivity index (χ0v) is 15.2.